The van der Waals surface area contributed by atoms with E-state index in [1.165, 1.54) is 6.92 Å². The Morgan fingerprint density at radius 1 is 1.47 bits per heavy atom. The molecular weight excluding hydrogens is 216 g/mol. The molecule has 88 valence electrons. The molecule has 0 radical (unpaired) electrons. The normalized spacial score (nSPS) is 10.5. The molecule has 2 rings (SSSR count). The van der Waals surface area contributed by atoms with E-state index in [4.69, 9.17) is 9.15 Å². The summed E-state index contributed by atoms with van der Waals surface area (Å²) in [6.07, 6.45) is 3.37. The van der Waals surface area contributed by atoms with Crippen molar-refractivity contribution in [3.8, 4) is 5.75 Å². The number of benzene rings is 1. The third-order valence-corrected chi connectivity index (χ3v) is 2.73. The van der Waals surface area contributed by atoms with E-state index in [2.05, 4.69) is 6.58 Å². The van der Waals surface area contributed by atoms with Crippen LogP contribution in [0, 0.1) is 13.8 Å². The smallest absolute Gasteiger partial charge is 0.308 e. The fourth-order valence-corrected chi connectivity index (χ4v) is 1.89. The summed E-state index contributed by atoms with van der Waals surface area (Å²) in [5.74, 6) is 0.174. The van der Waals surface area contributed by atoms with Crippen molar-refractivity contribution in [2.24, 2.45) is 0 Å². The zero-order valence-electron chi connectivity index (χ0n) is 10.2. The molecule has 0 fully saturated rings. The van der Waals surface area contributed by atoms with Crippen LogP contribution >= 0.6 is 0 Å². The monoisotopic (exact) mass is 230 g/mol. The minimum absolute atomic E-state index is 0.348. The lowest BCUT2D eigenvalue weighted by Gasteiger charge is -2.09. The van der Waals surface area contributed by atoms with Crippen LogP contribution in [0.25, 0.3) is 17.0 Å². The summed E-state index contributed by atoms with van der Waals surface area (Å²) in [5.41, 5.74) is 3.43. The van der Waals surface area contributed by atoms with Crippen LogP contribution in [0.4, 0.5) is 0 Å². The number of aryl methyl sites for hydroxylation is 2. The zero-order chi connectivity index (χ0) is 12.6. The van der Waals surface area contributed by atoms with E-state index in [0.29, 0.717) is 5.75 Å². The van der Waals surface area contributed by atoms with Crippen molar-refractivity contribution in [1.29, 1.82) is 0 Å². The molecule has 1 heterocycles. The van der Waals surface area contributed by atoms with Gasteiger partial charge in [-0.2, -0.15) is 0 Å². The third kappa shape index (κ3) is 1.84. The van der Waals surface area contributed by atoms with Crippen LogP contribution in [0.1, 0.15) is 23.6 Å². The number of furan rings is 1. The summed E-state index contributed by atoms with van der Waals surface area (Å²) in [5, 5.41) is 1.02. The van der Waals surface area contributed by atoms with Gasteiger partial charge in [0, 0.05) is 23.4 Å². The molecule has 17 heavy (non-hydrogen) atoms. The van der Waals surface area contributed by atoms with Crippen molar-refractivity contribution in [3.63, 3.8) is 0 Å². The molecule has 0 spiro atoms. The Kier molecular flexibility index (Phi) is 2.76. The second-order valence-corrected chi connectivity index (χ2v) is 4.01. The van der Waals surface area contributed by atoms with E-state index < -0.39 is 0 Å². The molecule has 0 aliphatic carbocycles. The van der Waals surface area contributed by atoms with Gasteiger partial charge in [-0.05, 0) is 25.5 Å². The number of hydrogen-bond acceptors (Lipinski definition) is 3. The van der Waals surface area contributed by atoms with Crippen molar-refractivity contribution in [2.45, 2.75) is 20.8 Å². The number of hydrogen-bond donors (Lipinski definition) is 0. The standard InChI is InChI=1S/C14H14O3/c1-5-11-6-12-8(2)7-16-14(12)9(3)13(11)17-10(4)15/h5-7H,1H2,2-4H3. The summed E-state index contributed by atoms with van der Waals surface area (Å²) in [7, 11) is 0. The van der Waals surface area contributed by atoms with Crippen LogP contribution in [-0.2, 0) is 4.79 Å². The average Bonchev–Trinajstić information content (AvgIpc) is 2.64. The molecule has 1 aromatic heterocycles. The number of rotatable bonds is 2. The van der Waals surface area contributed by atoms with Gasteiger partial charge in [0.2, 0.25) is 0 Å². The molecule has 0 unspecified atom stereocenters. The molecule has 0 aliphatic rings. The van der Waals surface area contributed by atoms with E-state index in [1.807, 2.05) is 19.9 Å². The predicted octanol–water partition coefficient (Wildman–Crippen LogP) is 3.62. The van der Waals surface area contributed by atoms with Gasteiger partial charge in [-0.1, -0.05) is 12.7 Å². The SMILES string of the molecule is C=Cc1cc2c(C)coc2c(C)c1OC(C)=O. The number of esters is 1. The average molecular weight is 230 g/mol. The molecule has 2 aromatic rings. The lowest BCUT2D eigenvalue weighted by atomic mass is 10.0. The molecule has 0 aliphatic heterocycles. The van der Waals surface area contributed by atoms with Crippen LogP contribution in [0.3, 0.4) is 0 Å². The Morgan fingerprint density at radius 3 is 2.76 bits per heavy atom. The van der Waals surface area contributed by atoms with Crippen LogP contribution in [-0.4, -0.2) is 5.97 Å². The summed E-state index contributed by atoms with van der Waals surface area (Å²) in [6.45, 7) is 8.97. The first-order chi connectivity index (χ1) is 8.04. The minimum Gasteiger partial charge on any atom is -0.464 e. The maximum atomic E-state index is 11.1. The van der Waals surface area contributed by atoms with Gasteiger partial charge in [-0.25, -0.2) is 0 Å². The first-order valence-electron chi connectivity index (χ1n) is 5.37. The lowest BCUT2D eigenvalue weighted by Crippen LogP contribution is -2.04. The second-order valence-electron chi connectivity index (χ2n) is 4.01. The molecule has 0 saturated carbocycles. The van der Waals surface area contributed by atoms with Gasteiger partial charge < -0.3 is 9.15 Å². The largest absolute Gasteiger partial charge is 0.464 e. The molecule has 0 N–H and O–H groups in total. The highest BCUT2D eigenvalue weighted by Gasteiger charge is 2.15. The molecule has 0 amide bonds. The quantitative estimate of drug-likeness (QED) is 0.584. The second kappa shape index (κ2) is 4.09. The van der Waals surface area contributed by atoms with Gasteiger partial charge in [0.1, 0.15) is 11.3 Å². The summed E-state index contributed by atoms with van der Waals surface area (Å²) < 4.78 is 10.7. The first kappa shape index (κ1) is 11.5. The third-order valence-electron chi connectivity index (χ3n) is 2.73. The van der Waals surface area contributed by atoms with E-state index in [9.17, 15) is 4.79 Å². The van der Waals surface area contributed by atoms with Crippen molar-refractivity contribution >= 4 is 23.0 Å². The van der Waals surface area contributed by atoms with Crippen LogP contribution in [0.15, 0.2) is 23.3 Å². The minimum atomic E-state index is -0.348. The maximum Gasteiger partial charge on any atom is 0.308 e. The fraction of sp³-hybridized carbons (Fsp3) is 0.214. The Bertz CT molecular complexity index is 605. The molecule has 3 nitrogen and oxygen atoms in total. The lowest BCUT2D eigenvalue weighted by molar-refractivity contribution is -0.131. The highest BCUT2D eigenvalue weighted by Crippen LogP contribution is 2.34. The number of carbonyl (C=O) groups excluding carboxylic acids is 1. The number of ether oxygens (including phenoxy) is 1. The van der Waals surface area contributed by atoms with Gasteiger partial charge >= 0.3 is 5.97 Å². The van der Waals surface area contributed by atoms with E-state index >= 15 is 0 Å². The Labute approximate surface area is 99.7 Å². The molecule has 1 aromatic carbocycles. The van der Waals surface area contributed by atoms with Gasteiger partial charge in [-0.15, -0.1) is 0 Å². The highest BCUT2D eigenvalue weighted by molar-refractivity contribution is 5.90. The summed E-state index contributed by atoms with van der Waals surface area (Å²) in [6, 6.07) is 1.92. The topological polar surface area (TPSA) is 39.4 Å². The Morgan fingerprint density at radius 2 is 2.18 bits per heavy atom. The van der Waals surface area contributed by atoms with Gasteiger partial charge in [0.05, 0.1) is 6.26 Å². The van der Waals surface area contributed by atoms with E-state index in [0.717, 1.165) is 27.7 Å². The highest BCUT2D eigenvalue weighted by atomic mass is 16.5. The summed E-state index contributed by atoms with van der Waals surface area (Å²) in [4.78, 5) is 11.1. The van der Waals surface area contributed by atoms with Crippen molar-refractivity contribution in [1.82, 2.24) is 0 Å². The zero-order valence-corrected chi connectivity index (χ0v) is 10.2. The van der Waals surface area contributed by atoms with E-state index in [1.54, 1.807) is 12.3 Å². The van der Waals surface area contributed by atoms with Gasteiger partial charge in [0.15, 0.2) is 0 Å². The summed E-state index contributed by atoms with van der Waals surface area (Å²) >= 11 is 0. The van der Waals surface area contributed by atoms with Crippen LogP contribution in [0.5, 0.6) is 5.75 Å². The number of carbonyl (C=O) groups is 1. The predicted molar refractivity (Wildman–Crippen MR) is 67.1 cm³/mol. The molecular formula is C14H14O3. The molecule has 3 heteroatoms. The van der Waals surface area contributed by atoms with Crippen molar-refractivity contribution in [2.75, 3.05) is 0 Å². The number of fused-ring (bicyclic) bond motifs is 1. The van der Waals surface area contributed by atoms with Crippen LogP contribution in [0.2, 0.25) is 0 Å². The fourth-order valence-electron chi connectivity index (χ4n) is 1.89. The van der Waals surface area contributed by atoms with Crippen molar-refractivity contribution in [3.05, 3.63) is 35.6 Å². The van der Waals surface area contributed by atoms with Gasteiger partial charge in [0.25, 0.3) is 0 Å². The van der Waals surface area contributed by atoms with E-state index in [-0.39, 0.29) is 5.97 Å². The van der Waals surface area contributed by atoms with Crippen LogP contribution < -0.4 is 4.74 Å². The molecule has 0 saturated heterocycles. The maximum absolute atomic E-state index is 11.1. The molecule has 0 bridgehead atoms. The van der Waals surface area contributed by atoms with Gasteiger partial charge in [-0.3, -0.25) is 4.79 Å². The molecule has 0 atom stereocenters. The Balaban J connectivity index is 2.76. The Hall–Kier alpha value is -2.03. The first-order valence-corrected chi connectivity index (χ1v) is 5.37. The van der Waals surface area contributed by atoms with Crippen molar-refractivity contribution < 1.29 is 13.9 Å².